The lowest BCUT2D eigenvalue weighted by Crippen LogP contribution is -2.39. The molecule has 0 bridgehead atoms. The fourth-order valence-corrected chi connectivity index (χ4v) is 4.26. The minimum Gasteiger partial charge on any atom is -0.338 e. The van der Waals surface area contributed by atoms with Crippen molar-refractivity contribution in [3.63, 3.8) is 0 Å². The summed E-state index contributed by atoms with van der Waals surface area (Å²) < 4.78 is 0. The Balaban J connectivity index is 1.48. The van der Waals surface area contributed by atoms with Gasteiger partial charge in [0, 0.05) is 44.0 Å². The Labute approximate surface area is 182 Å². The molecule has 3 heterocycles. The fourth-order valence-electron chi connectivity index (χ4n) is 4.26. The van der Waals surface area contributed by atoms with Crippen molar-refractivity contribution in [3.05, 3.63) is 65.5 Å². The Kier molecular flexibility index (Phi) is 5.93. The van der Waals surface area contributed by atoms with E-state index in [1.54, 1.807) is 17.3 Å². The van der Waals surface area contributed by atoms with Crippen molar-refractivity contribution in [2.45, 2.75) is 39.2 Å². The second kappa shape index (κ2) is 8.79. The van der Waals surface area contributed by atoms with Crippen LogP contribution in [0.5, 0.6) is 0 Å². The van der Waals surface area contributed by atoms with Gasteiger partial charge in [0.25, 0.3) is 11.8 Å². The van der Waals surface area contributed by atoms with E-state index in [-0.39, 0.29) is 17.9 Å². The molecule has 1 aromatic carbocycles. The molecule has 0 aliphatic carbocycles. The number of pyridine rings is 1. The van der Waals surface area contributed by atoms with Crippen LogP contribution >= 0.6 is 0 Å². The predicted octanol–water partition coefficient (Wildman–Crippen LogP) is 3.41. The molecule has 1 unspecified atom stereocenters. The van der Waals surface area contributed by atoms with Gasteiger partial charge in [0.1, 0.15) is 11.5 Å². The second-order valence-electron chi connectivity index (χ2n) is 8.09. The zero-order valence-corrected chi connectivity index (χ0v) is 18.2. The number of rotatable bonds is 3. The Morgan fingerprint density at radius 1 is 1.06 bits per heavy atom. The number of nitrogens with zero attached hydrogens (tertiary/aromatic N) is 5. The largest absolute Gasteiger partial charge is 0.338 e. The quantitative estimate of drug-likeness (QED) is 0.653. The van der Waals surface area contributed by atoms with E-state index in [1.165, 1.54) is 0 Å². The van der Waals surface area contributed by atoms with Crippen molar-refractivity contribution >= 4 is 22.6 Å². The SMILES string of the molecule is Cc1ncc(C(=O)N2CCCC(N(C)C(=O)c3nccc4ccccc34)CC2)c(C)n1. The van der Waals surface area contributed by atoms with Crippen LogP contribution in [0.15, 0.2) is 42.7 Å². The molecule has 2 amide bonds. The van der Waals surface area contributed by atoms with Crippen LogP contribution < -0.4 is 0 Å². The summed E-state index contributed by atoms with van der Waals surface area (Å²) in [6.07, 6.45) is 5.71. The first kappa shape index (κ1) is 20.9. The van der Waals surface area contributed by atoms with Crippen molar-refractivity contribution < 1.29 is 9.59 Å². The third-order valence-corrected chi connectivity index (χ3v) is 6.06. The molecule has 7 nitrogen and oxygen atoms in total. The molecule has 2 aromatic heterocycles. The highest BCUT2D eigenvalue weighted by Crippen LogP contribution is 2.22. The number of hydrogen-bond acceptors (Lipinski definition) is 5. The van der Waals surface area contributed by atoms with Gasteiger partial charge in [-0.05, 0) is 44.6 Å². The van der Waals surface area contributed by atoms with E-state index in [0.29, 0.717) is 35.9 Å². The smallest absolute Gasteiger partial charge is 0.273 e. The van der Waals surface area contributed by atoms with Crippen LogP contribution in [0, 0.1) is 13.8 Å². The van der Waals surface area contributed by atoms with E-state index < -0.39 is 0 Å². The molecule has 1 fully saturated rings. The molecule has 1 aliphatic rings. The summed E-state index contributed by atoms with van der Waals surface area (Å²) in [7, 11) is 1.84. The first-order valence-corrected chi connectivity index (χ1v) is 10.7. The van der Waals surface area contributed by atoms with E-state index in [0.717, 1.165) is 30.0 Å². The van der Waals surface area contributed by atoms with Crippen molar-refractivity contribution in [1.82, 2.24) is 24.8 Å². The van der Waals surface area contributed by atoms with Crippen LogP contribution in [0.3, 0.4) is 0 Å². The van der Waals surface area contributed by atoms with E-state index in [2.05, 4.69) is 15.0 Å². The number of benzene rings is 1. The zero-order chi connectivity index (χ0) is 22.0. The third-order valence-electron chi connectivity index (χ3n) is 6.06. The van der Waals surface area contributed by atoms with Gasteiger partial charge in [-0.2, -0.15) is 0 Å². The van der Waals surface area contributed by atoms with Gasteiger partial charge < -0.3 is 9.80 Å². The van der Waals surface area contributed by atoms with Gasteiger partial charge in [0.05, 0.1) is 11.3 Å². The fraction of sp³-hybridized carbons (Fsp3) is 0.375. The summed E-state index contributed by atoms with van der Waals surface area (Å²) in [4.78, 5) is 42.8. The number of carbonyl (C=O) groups excluding carboxylic acids is 2. The standard InChI is InChI=1S/C24H27N5O2/c1-16-21(15-26-17(2)27-16)23(30)29-13-6-8-19(11-14-29)28(3)24(31)22-20-9-5-4-7-18(20)10-12-25-22/h4-5,7,9-10,12,15,19H,6,8,11,13-14H2,1-3H3. The molecule has 0 saturated carbocycles. The van der Waals surface area contributed by atoms with Crippen molar-refractivity contribution in [3.8, 4) is 0 Å². The average Bonchev–Trinajstić information content (AvgIpc) is 3.03. The van der Waals surface area contributed by atoms with Gasteiger partial charge in [0.2, 0.25) is 0 Å². The lowest BCUT2D eigenvalue weighted by atomic mass is 10.1. The van der Waals surface area contributed by atoms with Crippen LogP contribution in [0.2, 0.25) is 0 Å². The number of fused-ring (bicyclic) bond motifs is 1. The highest BCUT2D eigenvalue weighted by atomic mass is 16.2. The maximum atomic E-state index is 13.2. The number of aryl methyl sites for hydroxylation is 2. The molecule has 4 rings (SSSR count). The number of hydrogen-bond donors (Lipinski definition) is 0. The first-order valence-electron chi connectivity index (χ1n) is 10.7. The van der Waals surface area contributed by atoms with Crippen LogP contribution in [0.1, 0.15) is 51.6 Å². The number of amides is 2. The van der Waals surface area contributed by atoms with E-state index in [4.69, 9.17) is 0 Å². The molecule has 31 heavy (non-hydrogen) atoms. The highest BCUT2D eigenvalue weighted by molar-refractivity contribution is 6.05. The van der Waals surface area contributed by atoms with Crippen molar-refractivity contribution in [1.29, 1.82) is 0 Å². The van der Waals surface area contributed by atoms with E-state index in [9.17, 15) is 9.59 Å². The highest BCUT2D eigenvalue weighted by Gasteiger charge is 2.28. The maximum Gasteiger partial charge on any atom is 0.273 e. The summed E-state index contributed by atoms with van der Waals surface area (Å²) in [5.74, 6) is 0.541. The second-order valence-corrected chi connectivity index (χ2v) is 8.09. The number of likely N-dealkylation sites (tertiary alicyclic amines) is 1. The first-order chi connectivity index (χ1) is 15.0. The van der Waals surface area contributed by atoms with Crippen LogP contribution in [-0.2, 0) is 0 Å². The Morgan fingerprint density at radius 3 is 2.68 bits per heavy atom. The van der Waals surface area contributed by atoms with Gasteiger partial charge in [-0.15, -0.1) is 0 Å². The summed E-state index contributed by atoms with van der Waals surface area (Å²) in [5, 5.41) is 1.87. The van der Waals surface area contributed by atoms with Crippen LogP contribution in [0.25, 0.3) is 10.8 Å². The topological polar surface area (TPSA) is 79.3 Å². The van der Waals surface area contributed by atoms with E-state index in [1.807, 2.05) is 56.1 Å². The maximum absolute atomic E-state index is 13.2. The monoisotopic (exact) mass is 417 g/mol. The molecule has 3 aromatic rings. The molecule has 0 radical (unpaired) electrons. The zero-order valence-electron chi connectivity index (χ0n) is 18.2. The van der Waals surface area contributed by atoms with E-state index >= 15 is 0 Å². The Morgan fingerprint density at radius 2 is 1.87 bits per heavy atom. The summed E-state index contributed by atoms with van der Waals surface area (Å²) in [6, 6.07) is 9.77. The van der Waals surface area contributed by atoms with Gasteiger partial charge in [-0.1, -0.05) is 24.3 Å². The summed E-state index contributed by atoms with van der Waals surface area (Å²) in [5.41, 5.74) is 1.73. The molecule has 1 aliphatic heterocycles. The Bertz CT molecular complexity index is 1120. The molecule has 0 spiro atoms. The molecule has 7 heteroatoms. The van der Waals surface area contributed by atoms with Gasteiger partial charge in [-0.3, -0.25) is 14.6 Å². The number of carbonyl (C=O) groups is 2. The summed E-state index contributed by atoms with van der Waals surface area (Å²) >= 11 is 0. The molecule has 0 N–H and O–H groups in total. The average molecular weight is 418 g/mol. The number of aromatic nitrogens is 3. The lowest BCUT2D eigenvalue weighted by molar-refractivity contribution is 0.0706. The minimum atomic E-state index is -0.0793. The van der Waals surface area contributed by atoms with Crippen LogP contribution in [-0.4, -0.2) is 62.7 Å². The molecule has 1 atom stereocenters. The lowest BCUT2D eigenvalue weighted by Gasteiger charge is -2.27. The molecular weight excluding hydrogens is 390 g/mol. The molecule has 160 valence electrons. The summed E-state index contributed by atoms with van der Waals surface area (Å²) in [6.45, 7) is 4.91. The molecule has 1 saturated heterocycles. The third kappa shape index (κ3) is 4.26. The Hall–Kier alpha value is -3.35. The van der Waals surface area contributed by atoms with Gasteiger partial charge in [0.15, 0.2) is 0 Å². The minimum absolute atomic E-state index is 0.0390. The van der Waals surface area contributed by atoms with Gasteiger partial charge >= 0.3 is 0 Å². The predicted molar refractivity (Wildman–Crippen MR) is 119 cm³/mol. The normalized spacial score (nSPS) is 16.7. The molecular formula is C24H27N5O2. The van der Waals surface area contributed by atoms with Gasteiger partial charge in [-0.25, -0.2) is 9.97 Å². The van der Waals surface area contributed by atoms with Crippen molar-refractivity contribution in [2.24, 2.45) is 0 Å². The van der Waals surface area contributed by atoms with Crippen molar-refractivity contribution in [2.75, 3.05) is 20.1 Å². The van der Waals surface area contributed by atoms with Crippen LogP contribution in [0.4, 0.5) is 0 Å².